The van der Waals surface area contributed by atoms with Gasteiger partial charge in [0.1, 0.15) is 0 Å². The van der Waals surface area contributed by atoms with Crippen molar-refractivity contribution in [1.29, 1.82) is 0 Å². The van der Waals surface area contributed by atoms with Crippen molar-refractivity contribution >= 4 is 11.7 Å². The Bertz CT molecular complexity index is 104. The van der Waals surface area contributed by atoms with Gasteiger partial charge in [-0.15, -0.1) is 12.3 Å². The van der Waals surface area contributed by atoms with Crippen LogP contribution in [0, 0.1) is 19.3 Å². The fraction of sp³-hybridized carbons (Fsp3) is 0.500. The molecule has 0 fully saturated rings. The van der Waals surface area contributed by atoms with Gasteiger partial charge in [-0.1, -0.05) is 0 Å². The minimum Gasteiger partial charge on any atom is -0.120 e. The number of rotatable bonds is 3. The van der Waals surface area contributed by atoms with Gasteiger partial charge in [0.25, 0.3) is 0 Å². The van der Waals surface area contributed by atoms with Crippen molar-refractivity contribution in [2.24, 2.45) is 0 Å². The molecular formula is C6H8OS+. The summed E-state index contributed by atoms with van der Waals surface area (Å²) in [7, 11) is 0. The van der Waals surface area contributed by atoms with Gasteiger partial charge in [-0.2, -0.15) is 0 Å². The quantitative estimate of drug-likeness (QED) is 0.410. The molecule has 0 aliphatic heterocycles. The van der Waals surface area contributed by atoms with Crippen molar-refractivity contribution in [3.8, 4) is 12.3 Å². The minimum absolute atomic E-state index is 0.0777. The second kappa shape index (κ2) is 4.73. The van der Waals surface area contributed by atoms with Gasteiger partial charge < -0.3 is 0 Å². The predicted molar refractivity (Wildman–Crippen MR) is 35.3 cm³/mol. The Hall–Kier alpha value is -0.420. The van der Waals surface area contributed by atoms with Crippen LogP contribution in [-0.4, -0.2) is 5.25 Å². The van der Waals surface area contributed by atoms with Gasteiger partial charge in [0.15, 0.2) is 0 Å². The van der Waals surface area contributed by atoms with Crippen LogP contribution in [0.2, 0.25) is 0 Å². The van der Waals surface area contributed by atoms with Crippen molar-refractivity contribution < 1.29 is 4.21 Å². The lowest BCUT2D eigenvalue weighted by atomic mass is 10.3. The Morgan fingerprint density at radius 3 is 2.88 bits per heavy atom. The first-order valence-electron chi connectivity index (χ1n) is 2.36. The Kier molecular flexibility index (Phi) is 4.48. The van der Waals surface area contributed by atoms with Crippen LogP contribution >= 0.6 is 0 Å². The first-order valence-corrected chi connectivity index (χ1v) is 3.17. The van der Waals surface area contributed by atoms with Gasteiger partial charge in [0.2, 0.25) is 5.25 Å². The minimum atomic E-state index is -0.0777. The van der Waals surface area contributed by atoms with Crippen LogP contribution in [0.3, 0.4) is 0 Å². The molecule has 1 unspecified atom stereocenters. The molecule has 8 heavy (non-hydrogen) atoms. The molecule has 0 bridgehead atoms. The van der Waals surface area contributed by atoms with Gasteiger partial charge in [0.05, 0.1) is 0 Å². The van der Waals surface area contributed by atoms with E-state index in [1.807, 2.05) is 0 Å². The van der Waals surface area contributed by atoms with E-state index < -0.39 is 0 Å². The SMILES string of the molecule is C#CCCC([CH2])[S+]=O. The molecule has 2 heteroatoms. The molecule has 1 radical (unpaired) electrons. The summed E-state index contributed by atoms with van der Waals surface area (Å²) >= 11 is 0.508. The topological polar surface area (TPSA) is 17.1 Å². The zero-order valence-electron chi connectivity index (χ0n) is 4.59. The number of hydrogen-bond donors (Lipinski definition) is 0. The maximum absolute atomic E-state index is 9.92. The van der Waals surface area contributed by atoms with E-state index in [-0.39, 0.29) is 5.25 Å². The molecule has 0 saturated carbocycles. The molecule has 1 atom stereocenters. The second-order valence-electron chi connectivity index (χ2n) is 1.46. The molecule has 0 aliphatic carbocycles. The van der Waals surface area contributed by atoms with Gasteiger partial charge >= 0.3 is 11.7 Å². The molecule has 0 amide bonds. The average molecular weight is 128 g/mol. The van der Waals surface area contributed by atoms with E-state index in [2.05, 4.69) is 12.8 Å². The zero-order chi connectivity index (χ0) is 6.41. The third kappa shape index (κ3) is 3.76. The molecule has 0 aromatic heterocycles. The lowest BCUT2D eigenvalue weighted by Gasteiger charge is -1.82. The van der Waals surface area contributed by atoms with Crippen LogP contribution in [-0.2, 0) is 15.9 Å². The Labute approximate surface area is 54.0 Å². The van der Waals surface area contributed by atoms with E-state index in [4.69, 9.17) is 6.42 Å². The molecule has 43 valence electrons. The lowest BCUT2D eigenvalue weighted by molar-refractivity contribution is 0.599. The highest BCUT2D eigenvalue weighted by Gasteiger charge is 2.11. The first-order chi connectivity index (χ1) is 3.81. The van der Waals surface area contributed by atoms with Crippen LogP contribution in [0.1, 0.15) is 12.8 Å². The fourth-order valence-corrected chi connectivity index (χ4v) is 0.507. The van der Waals surface area contributed by atoms with E-state index in [0.29, 0.717) is 18.1 Å². The summed E-state index contributed by atoms with van der Waals surface area (Å²) in [5.74, 6) is 2.44. The van der Waals surface area contributed by atoms with E-state index in [1.54, 1.807) is 0 Å². The summed E-state index contributed by atoms with van der Waals surface area (Å²) in [4.78, 5) is 0. The van der Waals surface area contributed by atoms with Crippen LogP contribution in [0.25, 0.3) is 0 Å². The van der Waals surface area contributed by atoms with Crippen molar-refractivity contribution in [2.45, 2.75) is 18.1 Å². The third-order valence-corrected chi connectivity index (χ3v) is 1.25. The molecule has 0 spiro atoms. The molecule has 0 rings (SSSR count). The summed E-state index contributed by atoms with van der Waals surface area (Å²) in [5.41, 5.74) is 0. The highest BCUT2D eigenvalue weighted by atomic mass is 32.1. The average Bonchev–Trinajstić information content (AvgIpc) is 1.83. The molecule has 0 aromatic rings. The summed E-state index contributed by atoms with van der Waals surface area (Å²) in [6, 6.07) is 0. The molecule has 0 saturated heterocycles. The summed E-state index contributed by atoms with van der Waals surface area (Å²) < 4.78 is 9.92. The normalized spacial score (nSPS) is 12.0. The Balaban J connectivity index is 3.13. The lowest BCUT2D eigenvalue weighted by Crippen LogP contribution is -1.97. The molecule has 1 nitrogen and oxygen atoms in total. The highest BCUT2D eigenvalue weighted by Crippen LogP contribution is 1.94. The Morgan fingerprint density at radius 2 is 2.50 bits per heavy atom. The van der Waals surface area contributed by atoms with Gasteiger partial charge in [-0.05, 0) is 0 Å². The molecule has 0 aromatic carbocycles. The smallest absolute Gasteiger partial charge is 0.120 e. The maximum Gasteiger partial charge on any atom is 0.462 e. The van der Waals surface area contributed by atoms with Crippen LogP contribution in [0.15, 0.2) is 0 Å². The zero-order valence-corrected chi connectivity index (χ0v) is 5.41. The van der Waals surface area contributed by atoms with E-state index >= 15 is 0 Å². The van der Waals surface area contributed by atoms with Crippen LogP contribution in [0.5, 0.6) is 0 Å². The van der Waals surface area contributed by atoms with Crippen molar-refractivity contribution in [3.05, 3.63) is 6.92 Å². The van der Waals surface area contributed by atoms with Crippen LogP contribution < -0.4 is 0 Å². The molecular weight excluding hydrogens is 120 g/mol. The number of hydrogen-bond acceptors (Lipinski definition) is 1. The van der Waals surface area contributed by atoms with Gasteiger partial charge in [0, 0.05) is 24.0 Å². The predicted octanol–water partition coefficient (Wildman–Crippen LogP) is 1.03. The summed E-state index contributed by atoms with van der Waals surface area (Å²) in [6.45, 7) is 3.55. The Morgan fingerprint density at radius 1 is 1.88 bits per heavy atom. The van der Waals surface area contributed by atoms with Gasteiger partial charge in [-0.3, -0.25) is 0 Å². The summed E-state index contributed by atoms with van der Waals surface area (Å²) in [6.07, 6.45) is 6.33. The maximum atomic E-state index is 9.92. The standard InChI is InChI=1S/C6H8OS/c1-3-4-5-6(2)8-7/h1,6H,2,4-5H2/q+1. The fourth-order valence-electron chi connectivity index (χ4n) is 0.292. The highest BCUT2D eigenvalue weighted by molar-refractivity contribution is 7.66. The van der Waals surface area contributed by atoms with E-state index in [0.717, 1.165) is 6.42 Å². The summed E-state index contributed by atoms with van der Waals surface area (Å²) in [5, 5.41) is -0.0777. The van der Waals surface area contributed by atoms with E-state index in [9.17, 15) is 4.21 Å². The van der Waals surface area contributed by atoms with Crippen molar-refractivity contribution in [2.75, 3.05) is 0 Å². The van der Waals surface area contributed by atoms with E-state index in [1.165, 1.54) is 0 Å². The van der Waals surface area contributed by atoms with Crippen LogP contribution in [0.4, 0.5) is 0 Å². The third-order valence-electron chi connectivity index (χ3n) is 0.747. The van der Waals surface area contributed by atoms with Crippen molar-refractivity contribution in [3.63, 3.8) is 0 Å². The largest absolute Gasteiger partial charge is 0.462 e. The van der Waals surface area contributed by atoms with Gasteiger partial charge in [-0.25, -0.2) is 0 Å². The first kappa shape index (κ1) is 7.58. The monoisotopic (exact) mass is 128 g/mol. The molecule has 0 N–H and O–H groups in total. The second-order valence-corrected chi connectivity index (χ2v) is 2.32. The molecule has 0 heterocycles. The number of terminal acetylenes is 1. The van der Waals surface area contributed by atoms with Crippen molar-refractivity contribution in [1.82, 2.24) is 0 Å². The molecule has 0 aliphatic rings.